The summed E-state index contributed by atoms with van der Waals surface area (Å²) in [5, 5.41) is 0. The predicted molar refractivity (Wildman–Crippen MR) is 51.7 cm³/mol. The van der Waals surface area contributed by atoms with Crippen molar-refractivity contribution in [1.82, 2.24) is 0 Å². The van der Waals surface area contributed by atoms with E-state index < -0.39 is 9.04 Å². The Bertz CT molecular complexity index is 144. The Kier molecular flexibility index (Phi) is 8.33. The molecule has 0 aliphatic rings. The highest BCUT2D eigenvalue weighted by Crippen LogP contribution is 1.96. The van der Waals surface area contributed by atoms with Gasteiger partial charge in [-0.25, -0.2) is 9.79 Å². The smallest absolute Gasteiger partial charge is 0.234 e. The molecule has 0 saturated carbocycles. The number of isocyanates is 1. The Balaban J connectivity index is 2.95. The van der Waals surface area contributed by atoms with Crippen molar-refractivity contribution in [3.05, 3.63) is 0 Å². The molecule has 0 heterocycles. The Morgan fingerprint density at radius 3 is 2.67 bits per heavy atom. The van der Waals surface area contributed by atoms with E-state index in [9.17, 15) is 4.79 Å². The average Bonchev–Trinajstić information content (AvgIpc) is 2.02. The van der Waals surface area contributed by atoms with Crippen LogP contribution < -0.4 is 0 Å². The van der Waals surface area contributed by atoms with Crippen molar-refractivity contribution in [2.24, 2.45) is 4.99 Å². The van der Waals surface area contributed by atoms with Gasteiger partial charge in [0.25, 0.3) is 0 Å². The topological polar surface area (TPSA) is 38.7 Å². The van der Waals surface area contributed by atoms with E-state index in [1.807, 2.05) is 0 Å². The summed E-state index contributed by atoms with van der Waals surface area (Å²) in [4.78, 5) is 13.1. The monoisotopic (exact) mass is 187 g/mol. The third-order valence-electron chi connectivity index (χ3n) is 1.43. The summed E-state index contributed by atoms with van der Waals surface area (Å²) < 4.78 is 5.48. The molecule has 0 aromatic carbocycles. The van der Waals surface area contributed by atoms with Crippen LogP contribution in [0.3, 0.4) is 0 Å². The van der Waals surface area contributed by atoms with E-state index in [1.54, 1.807) is 0 Å². The van der Waals surface area contributed by atoms with Crippen molar-refractivity contribution in [3.63, 3.8) is 0 Å². The van der Waals surface area contributed by atoms with Gasteiger partial charge in [0.05, 0.1) is 6.54 Å². The summed E-state index contributed by atoms with van der Waals surface area (Å²) in [6.07, 6.45) is 4.67. The highest BCUT2D eigenvalue weighted by Gasteiger charge is 1.94. The third kappa shape index (κ3) is 9.56. The van der Waals surface area contributed by atoms with Crippen LogP contribution in [-0.4, -0.2) is 28.3 Å². The lowest BCUT2D eigenvalue weighted by atomic mass is 10.2. The van der Waals surface area contributed by atoms with E-state index >= 15 is 0 Å². The Hall–Kier alpha value is -0.443. The maximum Gasteiger partial charge on any atom is 0.234 e. The molecule has 0 rings (SSSR count). The quantitative estimate of drug-likeness (QED) is 0.262. The van der Waals surface area contributed by atoms with E-state index in [0.29, 0.717) is 6.54 Å². The Labute approximate surface area is 75.6 Å². The van der Waals surface area contributed by atoms with E-state index in [2.05, 4.69) is 18.1 Å². The molecule has 0 bridgehead atoms. The summed E-state index contributed by atoms with van der Waals surface area (Å²) in [5.41, 5.74) is 0. The van der Waals surface area contributed by atoms with Gasteiger partial charge in [-0.3, -0.25) is 0 Å². The molecule has 0 aliphatic carbocycles. The first-order chi connectivity index (χ1) is 5.77. The molecule has 0 fully saturated rings. The lowest BCUT2D eigenvalue weighted by molar-refractivity contribution is 0.313. The maximum absolute atomic E-state index is 9.67. The van der Waals surface area contributed by atoms with Gasteiger partial charge in [0, 0.05) is 6.61 Å². The Morgan fingerprint density at radius 1 is 1.33 bits per heavy atom. The van der Waals surface area contributed by atoms with Crippen molar-refractivity contribution in [2.75, 3.05) is 13.2 Å². The van der Waals surface area contributed by atoms with E-state index in [4.69, 9.17) is 4.43 Å². The van der Waals surface area contributed by atoms with Crippen LogP contribution in [0.2, 0.25) is 13.1 Å². The molecule has 0 N–H and O–H groups in total. The summed E-state index contributed by atoms with van der Waals surface area (Å²) >= 11 is 0. The SMILES string of the molecule is C[SiH](C)OCCCCCN=C=O. The van der Waals surface area contributed by atoms with Crippen LogP contribution in [0.25, 0.3) is 0 Å². The molecular formula is C8H17NO2Si. The number of carbonyl (C=O) groups excluding carboxylic acids is 1. The largest absolute Gasteiger partial charge is 0.421 e. The fourth-order valence-corrected chi connectivity index (χ4v) is 1.47. The first-order valence-electron chi connectivity index (χ1n) is 4.42. The van der Waals surface area contributed by atoms with Gasteiger partial charge in [-0.2, -0.15) is 0 Å². The number of aliphatic imine (C=N–C) groups is 1. The Morgan fingerprint density at radius 2 is 2.08 bits per heavy atom. The van der Waals surface area contributed by atoms with Gasteiger partial charge in [-0.15, -0.1) is 0 Å². The highest BCUT2D eigenvalue weighted by atomic mass is 28.3. The zero-order chi connectivity index (χ0) is 9.23. The van der Waals surface area contributed by atoms with Crippen molar-refractivity contribution >= 4 is 15.1 Å². The fourth-order valence-electron chi connectivity index (χ4n) is 0.834. The molecule has 0 saturated heterocycles. The molecule has 0 amide bonds. The first-order valence-corrected chi connectivity index (χ1v) is 7.20. The average molecular weight is 187 g/mol. The van der Waals surface area contributed by atoms with Gasteiger partial charge in [0.1, 0.15) is 0 Å². The molecule has 0 radical (unpaired) electrons. The molecule has 70 valence electrons. The van der Waals surface area contributed by atoms with Crippen LogP contribution in [0, 0.1) is 0 Å². The zero-order valence-corrected chi connectivity index (χ0v) is 9.03. The first kappa shape index (κ1) is 11.6. The number of hydrogen-bond acceptors (Lipinski definition) is 3. The summed E-state index contributed by atoms with van der Waals surface area (Å²) in [5.74, 6) is 0. The second-order valence-corrected chi connectivity index (χ2v) is 5.38. The van der Waals surface area contributed by atoms with E-state index in [0.717, 1.165) is 25.9 Å². The van der Waals surface area contributed by atoms with Crippen LogP contribution >= 0.6 is 0 Å². The molecule has 0 aromatic heterocycles. The zero-order valence-electron chi connectivity index (χ0n) is 7.88. The number of hydrogen-bond donors (Lipinski definition) is 0. The standard InChI is InChI=1S/C8H17NO2Si/c1-12(2)11-7-5-3-4-6-9-8-10/h12H,3-7H2,1-2H3. The summed E-state index contributed by atoms with van der Waals surface area (Å²) in [6.45, 7) is 5.81. The maximum atomic E-state index is 9.67. The highest BCUT2D eigenvalue weighted by molar-refractivity contribution is 6.48. The second-order valence-electron chi connectivity index (χ2n) is 2.95. The van der Waals surface area contributed by atoms with Crippen LogP contribution in [-0.2, 0) is 9.22 Å². The lowest BCUT2D eigenvalue weighted by Gasteiger charge is -2.04. The van der Waals surface area contributed by atoms with E-state index in [1.165, 1.54) is 6.08 Å². The number of rotatable bonds is 7. The number of unbranched alkanes of at least 4 members (excludes halogenated alkanes) is 2. The minimum Gasteiger partial charge on any atom is -0.421 e. The molecule has 0 spiro atoms. The molecular weight excluding hydrogens is 170 g/mol. The minimum atomic E-state index is -0.821. The van der Waals surface area contributed by atoms with Crippen LogP contribution in [0.5, 0.6) is 0 Å². The third-order valence-corrected chi connectivity index (χ3v) is 2.33. The molecule has 0 aliphatic heterocycles. The minimum absolute atomic E-state index is 0.614. The van der Waals surface area contributed by atoms with Crippen molar-refractivity contribution in [1.29, 1.82) is 0 Å². The van der Waals surface area contributed by atoms with Gasteiger partial charge in [0.15, 0.2) is 9.04 Å². The van der Waals surface area contributed by atoms with Crippen LogP contribution in [0.1, 0.15) is 19.3 Å². The summed E-state index contributed by atoms with van der Waals surface area (Å²) in [6, 6.07) is 0. The van der Waals surface area contributed by atoms with E-state index in [-0.39, 0.29) is 0 Å². The van der Waals surface area contributed by atoms with Gasteiger partial charge < -0.3 is 4.43 Å². The van der Waals surface area contributed by atoms with Gasteiger partial charge >= 0.3 is 0 Å². The normalized spacial score (nSPS) is 9.92. The molecule has 0 unspecified atom stereocenters. The van der Waals surface area contributed by atoms with Gasteiger partial charge in [-0.1, -0.05) is 0 Å². The fraction of sp³-hybridized carbons (Fsp3) is 0.875. The predicted octanol–water partition coefficient (Wildman–Crippen LogP) is 1.49. The van der Waals surface area contributed by atoms with Gasteiger partial charge in [0.2, 0.25) is 6.08 Å². The van der Waals surface area contributed by atoms with Gasteiger partial charge in [-0.05, 0) is 32.4 Å². The van der Waals surface area contributed by atoms with Crippen molar-refractivity contribution < 1.29 is 9.22 Å². The van der Waals surface area contributed by atoms with Crippen molar-refractivity contribution in [2.45, 2.75) is 32.4 Å². The molecule has 3 nitrogen and oxygen atoms in total. The number of nitrogens with zero attached hydrogens (tertiary/aromatic N) is 1. The summed E-state index contributed by atoms with van der Waals surface area (Å²) in [7, 11) is -0.821. The molecule has 4 heteroatoms. The second kappa shape index (κ2) is 8.65. The lowest BCUT2D eigenvalue weighted by Crippen LogP contribution is -2.08. The van der Waals surface area contributed by atoms with Crippen LogP contribution in [0.15, 0.2) is 4.99 Å². The molecule has 0 atom stereocenters. The van der Waals surface area contributed by atoms with Crippen molar-refractivity contribution in [3.8, 4) is 0 Å². The van der Waals surface area contributed by atoms with Crippen LogP contribution in [0.4, 0.5) is 0 Å². The molecule has 12 heavy (non-hydrogen) atoms. The molecule has 0 aromatic rings.